The van der Waals surface area contributed by atoms with Crippen LogP contribution in [-0.4, -0.2) is 39.6 Å². The molecule has 0 aliphatic carbocycles. The smallest absolute Gasteiger partial charge is 0.240 e. The van der Waals surface area contributed by atoms with E-state index in [2.05, 4.69) is 5.32 Å². The molecule has 1 unspecified atom stereocenters. The quantitative estimate of drug-likeness (QED) is 0.686. The van der Waals surface area contributed by atoms with Crippen LogP contribution in [0.2, 0.25) is 0 Å². The predicted octanol–water partition coefficient (Wildman–Crippen LogP) is 0.970. The zero-order chi connectivity index (χ0) is 14.3. The molecule has 0 saturated heterocycles. The molecule has 1 aromatic rings. The van der Waals surface area contributed by atoms with Gasteiger partial charge in [-0.2, -0.15) is 0 Å². The van der Waals surface area contributed by atoms with Crippen molar-refractivity contribution in [2.24, 2.45) is 5.73 Å². The van der Waals surface area contributed by atoms with E-state index in [0.29, 0.717) is 6.42 Å². The SMILES string of the molecule is COc1ccc(NC(CC(OC)OC)C(N)=O)cc1. The number of hydrogen-bond acceptors (Lipinski definition) is 5. The predicted molar refractivity (Wildman–Crippen MR) is 72.0 cm³/mol. The molecule has 106 valence electrons. The van der Waals surface area contributed by atoms with Crippen LogP contribution in [0.3, 0.4) is 0 Å². The number of amides is 1. The van der Waals surface area contributed by atoms with Crippen LogP contribution in [0.1, 0.15) is 6.42 Å². The monoisotopic (exact) mass is 268 g/mol. The Labute approximate surface area is 112 Å². The number of nitrogens with two attached hydrogens (primary N) is 1. The van der Waals surface area contributed by atoms with Gasteiger partial charge in [0.2, 0.25) is 5.91 Å². The number of hydrogen-bond donors (Lipinski definition) is 2. The standard InChI is InChI=1S/C13H20N2O4/c1-17-10-6-4-9(5-7-10)15-11(13(14)16)8-12(18-2)19-3/h4-7,11-12,15H,8H2,1-3H3,(H2,14,16). The normalized spacial score (nSPS) is 12.2. The van der Waals surface area contributed by atoms with Crippen LogP contribution < -0.4 is 15.8 Å². The summed E-state index contributed by atoms with van der Waals surface area (Å²) in [5.41, 5.74) is 6.13. The van der Waals surface area contributed by atoms with Crippen LogP contribution in [0.5, 0.6) is 5.75 Å². The summed E-state index contributed by atoms with van der Waals surface area (Å²) in [5.74, 6) is 0.280. The molecule has 6 nitrogen and oxygen atoms in total. The molecule has 6 heteroatoms. The third-order valence-electron chi connectivity index (χ3n) is 2.73. The molecule has 0 radical (unpaired) electrons. The Morgan fingerprint density at radius 1 is 1.21 bits per heavy atom. The zero-order valence-electron chi connectivity index (χ0n) is 11.4. The van der Waals surface area contributed by atoms with Gasteiger partial charge in [-0.15, -0.1) is 0 Å². The second-order valence-electron chi connectivity index (χ2n) is 3.96. The molecular weight excluding hydrogens is 248 g/mol. The van der Waals surface area contributed by atoms with E-state index in [4.69, 9.17) is 19.9 Å². The summed E-state index contributed by atoms with van der Waals surface area (Å²) in [6, 6.07) is 6.64. The van der Waals surface area contributed by atoms with Crippen molar-refractivity contribution in [3.05, 3.63) is 24.3 Å². The molecule has 1 amide bonds. The maximum Gasteiger partial charge on any atom is 0.240 e. The van der Waals surface area contributed by atoms with Crippen molar-refractivity contribution < 1.29 is 19.0 Å². The van der Waals surface area contributed by atoms with E-state index < -0.39 is 18.2 Å². The van der Waals surface area contributed by atoms with E-state index in [1.807, 2.05) is 12.1 Å². The Hall–Kier alpha value is -1.79. The number of nitrogens with one attached hydrogen (secondary N) is 1. The van der Waals surface area contributed by atoms with Crippen molar-refractivity contribution in [2.75, 3.05) is 26.6 Å². The number of anilines is 1. The first-order valence-corrected chi connectivity index (χ1v) is 5.86. The van der Waals surface area contributed by atoms with Crippen molar-refractivity contribution in [3.63, 3.8) is 0 Å². The van der Waals surface area contributed by atoms with Crippen molar-refractivity contribution in [1.29, 1.82) is 0 Å². The van der Waals surface area contributed by atoms with Crippen molar-refractivity contribution in [1.82, 2.24) is 0 Å². The Bertz CT molecular complexity index is 390. The molecule has 0 fully saturated rings. The average molecular weight is 268 g/mol. The molecule has 0 spiro atoms. The molecule has 0 aliphatic heterocycles. The molecular formula is C13H20N2O4. The van der Waals surface area contributed by atoms with Gasteiger partial charge in [0.05, 0.1) is 7.11 Å². The molecule has 19 heavy (non-hydrogen) atoms. The summed E-state index contributed by atoms with van der Waals surface area (Å²) in [4.78, 5) is 11.4. The molecule has 0 aliphatic rings. The zero-order valence-corrected chi connectivity index (χ0v) is 11.4. The van der Waals surface area contributed by atoms with E-state index in [0.717, 1.165) is 11.4 Å². The van der Waals surface area contributed by atoms with Gasteiger partial charge in [0, 0.05) is 26.3 Å². The highest BCUT2D eigenvalue weighted by atomic mass is 16.7. The van der Waals surface area contributed by atoms with Crippen molar-refractivity contribution >= 4 is 11.6 Å². The minimum atomic E-state index is -0.571. The van der Waals surface area contributed by atoms with Crippen molar-refractivity contribution in [3.8, 4) is 5.75 Å². The van der Waals surface area contributed by atoms with Gasteiger partial charge in [0.1, 0.15) is 11.8 Å². The lowest BCUT2D eigenvalue weighted by Gasteiger charge is -2.21. The minimum Gasteiger partial charge on any atom is -0.497 e. The molecule has 1 aromatic carbocycles. The van der Waals surface area contributed by atoms with Crippen LogP contribution in [0.25, 0.3) is 0 Å². The summed E-state index contributed by atoms with van der Waals surface area (Å²) in [6.07, 6.45) is -0.155. The maximum atomic E-state index is 11.4. The summed E-state index contributed by atoms with van der Waals surface area (Å²) in [7, 11) is 4.62. The lowest BCUT2D eigenvalue weighted by atomic mass is 10.1. The van der Waals surface area contributed by atoms with Gasteiger partial charge in [-0.1, -0.05) is 0 Å². The van der Waals surface area contributed by atoms with E-state index in [1.54, 1.807) is 19.2 Å². The van der Waals surface area contributed by atoms with Crippen molar-refractivity contribution in [2.45, 2.75) is 18.8 Å². The fourth-order valence-electron chi connectivity index (χ4n) is 1.62. The highest BCUT2D eigenvalue weighted by molar-refractivity contribution is 5.83. The largest absolute Gasteiger partial charge is 0.497 e. The number of ether oxygens (including phenoxy) is 3. The van der Waals surface area contributed by atoms with Crippen LogP contribution in [0, 0.1) is 0 Å². The van der Waals surface area contributed by atoms with Crippen LogP contribution >= 0.6 is 0 Å². The Morgan fingerprint density at radius 3 is 2.21 bits per heavy atom. The lowest BCUT2D eigenvalue weighted by Crippen LogP contribution is -2.39. The van der Waals surface area contributed by atoms with Crippen LogP contribution in [-0.2, 0) is 14.3 Å². The molecule has 3 N–H and O–H groups in total. The summed E-state index contributed by atoms with van der Waals surface area (Å²) in [6.45, 7) is 0. The number of methoxy groups -OCH3 is 3. The second kappa shape index (κ2) is 7.60. The van der Waals surface area contributed by atoms with Gasteiger partial charge in [-0.3, -0.25) is 4.79 Å². The van der Waals surface area contributed by atoms with E-state index in [9.17, 15) is 4.79 Å². The number of benzene rings is 1. The van der Waals surface area contributed by atoms with Gasteiger partial charge in [-0.05, 0) is 24.3 Å². The van der Waals surface area contributed by atoms with E-state index >= 15 is 0 Å². The summed E-state index contributed by atoms with van der Waals surface area (Å²) in [5, 5.41) is 3.04. The number of primary amides is 1. The third kappa shape index (κ3) is 4.76. The summed E-state index contributed by atoms with van der Waals surface area (Å²) >= 11 is 0. The van der Waals surface area contributed by atoms with Gasteiger partial charge in [0.25, 0.3) is 0 Å². The fraction of sp³-hybridized carbons (Fsp3) is 0.462. The Kier molecular flexibility index (Phi) is 6.11. The molecule has 0 aromatic heterocycles. The highest BCUT2D eigenvalue weighted by Crippen LogP contribution is 2.17. The molecule has 0 bridgehead atoms. The van der Waals surface area contributed by atoms with Gasteiger partial charge in [-0.25, -0.2) is 0 Å². The van der Waals surface area contributed by atoms with E-state index in [1.165, 1.54) is 14.2 Å². The van der Waals surface area contributed by atoms with Gasteiger partial charge < -0.3 is 25.3 Å². The van der Waals surface area contributed by atoms with E-state index in [-0.39, 0.29) is 0 Å². The summed E-state index contributed by atoms with van der Waals surface area (Å²) < 4.78 is 15.2. The molecule has 1 atom stereocenters. The number of rotatable bonds is 8. The lowest BCUT2D eigenvalue weighted by molar-refractivity contribution is -0.127. The average Bonchev–Trinajstić information content (AvgIpc) is 2.43. The highest BCUT2D eigenvalue weighted by Gasteiger charge is 2.20. The second-order valence-corrected chi connectivity index (χ2v) is 3.96. The first kappa shape index (κ1) is 15.3. The molecule has 0 saturated carbocycles. The number of carbonyl (C=O) groups excluding carboxylic acids is 1. The minimum absolute atomic E-state index is 0.328. The third-order valence-corrected chi connectivity index (χ3v) is 2.73. The topological polar surface area (TPSA) is 82.8 Å². The Morgan fingerprint density at radius 2 is 1.79 bits per heavy atom. The first-order chi connectivity index (χ1) is 9.10. The maximum absolute atomic E-state index is 11.4. The molecule has 1 rings (SSSR count). The van der Waals surface area contributed by atoms with Crippen LogP contribution in [0.4, 0.5) is 5.69 Å². The fourth-order valence-corrected chi connectivity index (χ4v) is 1.62. The van der Waals surface area contributed by atoms with Gasteiger partial charge >= 0.3 is 0 Å². The number of carbonyl (C=O) groups is 1. The first-order valence-electron chi connectivity index (χ1n) is 5.86. The van der Waals surface area contributed by atoms with Crippen LogP contribution in [0.15, 0.2) is 24.3 Å². The Balaban J connectivity index is 2.69. The van der Waals surface area contributed by atoms with Gasteiger partial charge in [0.15, 0.2) is 6.29 Å². The molecule has 0 heterocycles.